The zero-order valence-electron chi connectivity index (χ0n) is 20.4. The Morgan fingerprint density at radius 1 is 0.865 bits per heavy atom. The average Bonchev–Trinajstić information content (AvgIpc) is 3.39. The summed E-state index contributed by atoms with van der Waals surface area (Å²) in [6.45, 7) is 0.684. The van der Waals surface area contributed by atoms with Crippen LogP contribution in [0.5, 0.6) is 0 Å². The predicted octanol–water partition coefficient (Wildman–Crippen LogP) is -1.95. The quantitative estimate of drug-likeness (QED) is 0.138. The maximum atomic E-state index is 13.3. The highest BCUT2D eigenvalue weighted by molar-refractivity contribution is 5.94. The second-order valence-electron chi connectivity index (χ2n) is 8.87. The van der Waals surface area contributed by atoms with E-state index in [1.807, 2.05) is 0 Å². The van der Waals surface area contributed by atoms with Crippen LogP contribution in [0, 0.1) is 0 Å². The van der Waals surface area contributed by atoms with E-state index in [4.69, 9.17) is 11.5 Å². The van der Waals surface area contributed by atoms with Crippen LogP contribution in [0.25, 0.3) is 0 Å². The lowest BCUT2D eigenvalue weighted by molar-refractivity contribution is -0.142. The van der Waals surface area contributed by atoms with Crippen molar-refractivity contribution in [3.8, 4) is 0 Å². The number of hydrogen-bond acceptors (Lipinski definition) is 7. The van der Waals surface area contributed by atoms with E-state index >= 15 is 0 Å². The number of carboxylic acid groups (broad SMARTS) is 1. The van der Waals surface area contributed by atoms with Gasteiger partial charge >= 0.3 is 5.97 Å². The Kier molecular flexibility index (Phi) is 11.5. The van der Waals surface area contributed by atoms with Gasteiger partial charge in [-0.25, -0.2) is 4.79 Å². The molecule has 0 bridgehead atoms. The fourth-order valence-corrected chi connectivity index (χ4v) is 3.88. The summed E-state index contributed by atoms with van der Waals surface area (Å²) in [5.41, 5.74) is 11.0. The lowest BCUT2D eigenvalue weighted by Crippen LogP contribution is -2.57. The SMILES string of the molecule is NC(=O)CCC(NC(=O)C(CCC(N)=O)NC(=O)C(Cc1ccccc1)NC(=O)C1CCCN1)C(=O)O. The van der Waals surface area contributed by atoms with Gasteiger partial charge in [-0.15, -0.1) is 0 Å². The zero-order chi connectivity index (χ0) is 27.4. The third-order valence-electron chi connectivity index (χ3n) is 5.90. The van der Waals surface area contributed by atoms with Gasteiger partial charge in [-0.3, -0.25) is 24.0 Å². The molecular formula is C24H34N6O7. The predicted molar refractivity (Wildman–Crippen MR) is 131 cm³/mol. The molecular weight excluding hydrogens is 484 g/mol. The van der Waals surface area contributed by atoms with Crippen molar-refractivity contribution < 1.29 is 33.9 Å². The highest BCUT2D eigenvalue weighted by Crippen LogP contribution is 2.09. The molecule has 2 rings (SSSR count). The number of hydrogen-bond donors (Lipinski definition) is 7. The molecule has 13 heteroatoms. The number of carboxylic acids is 1. The highest BCUT2D eigenvalue weighted by Gasteiger charge is 2.31. The molecule has 4 atom stereocenters. The molecule has 0 spiro atoms. The molecule has 13 nitrogen and oxygen atoms in total. The first-order valence-electron chi connectivity index (χ1n) is 12.0. The van der Waals surface area contributed by atoms with Crippen molar-refractivity contribution in [1.29, 1.82) is 0 Å². The molecule has 1 aliphatic heterocycles. The van der Waals surface area contributed by atoms with Crippen LogP contribution >= 0.6 is 0 Å². The van der Waals surface area contributed by atoms with Crippen LogP contribution in [0.15, 0.2) is 30.3 Å². The van der Waals surface area contributed by atoms with Crippen LogP contribution < -0.4 is 32.7 Å². The van der Waals surface area contributed by atoms with Crippen molar-refractivity contribution in [3.63, 3.8) is 0 Å². The van der Waals surface area contributed by atoms with Gasteiger partial charge < -0.3 is 37.8 Å². The molecule has 1 aromatic rings. The van der Waals surface area contributed by atoms with Crippen LogP contribution in [0.2, 0.25) is 0 Å². The fraction of sp³-hybridized carbons (Fsp3) is 0.500. The van der Waals surface area contributed by atoms with Gasteiger partial charge in [-0.1, -0.05) is 30.3 Å². The molecule has 0 aliphatic carbocycles. The van der Waals surface area contributed by atoms with Gasteiger partial charge in [0.15, 0.2) is 0 Å². The lowest BCUT2D eigenvalue weighted by atomic mass is 10.0. The van der Waals surface area contributed by atoms with Gasteiger partial charge in [-0.05, 0) is 37.8 Å². The molecule has 9 N–H and O–H groups in total. The Balaban J connectivity index is 2.18. The maximum absolute atomic E-state index is 13.3. The zero-order valence-corrected chi connectivity index (χ0v) is 20.4. The lowest BCUT2D eigenvalue weighted by Gasteiger charge is -2.25. The van der Waals surface area contributed by atoms with Crippen LogP contribution in [-0.2, 0) is 35.2 Å². The summed E-state index contributed by atoms with van der Waals surface area (Å²) < 4.78 is 0. The van der Waals surface area contributed by atoms with Gasteiger partial charge in [0.05, 0.1) is 6.04 Å². The third kappa shape index (κ3) is 10.3. The second-order valence-corrected chi connectivity index (χ2v) is 8.87. The number of nitrogens with two attached hydrogens (primary N) is 2. The van der Waals surface area contributed by atoms with Crippen molar-refractivity contribution in [2.45, 2.75) is 69.1 Å². The molecule has 0 saturated carbocycles. The molecule has 202 valence electrons. The molecule has 4 unspecified atom stereocenters. The van der Waals surface area contributed by atoms with E-state index in [2.05, 4.69) is 21.3 Å². The first kappa shape index (κ1) is 29.2. The van der Waals surface area contributed by atoms with Crippen molar-refractivity contribution in [2.75, 3.05) is 6.54 Å². The second kappa shape index (κ2) is 14.5. The van der Waals surface area contributed by atoms with Crippen LogP contribution in [0.4, 0.5) is 0 Å². The molecule has 0 radical (unpaired) electrons. The van der Waals surface area contributed by atoms with Gasteiger partial charge in [-0.2, -0.15) is 0 Å². The number of benzene rings is 1. The number of rotatable bonds is 15. The molecule has 1 heterocycles. The Morgan fingerprint density at radius 3 is 1.97 bits per heavy atom. The molecule has 1 saturated heterocycles. The van der Waals surface area contributed by atoms with Crippen molar-refractivity contribution in [3.05, 3.63) is 35.9 Å². The van der Waals surface area contributed by atoms with Gasteiger partial charge in [0.1, 0.15) is 18.1 Å². The van der Waals surface area contributed by atoms with E-state index in [1.165, 1.54) is 0 Å². The minimum atomic E-state index is -1.44. The number of nitrogens with one attached hydrogen (secondary N) is 4. The molecule has 1 aliphatic rings. The molecule has 1 aromatic carbocycles. The normalized spacial score (nSPS) is 17.1. The largest absolute Gasteiger partial charge is 0.480 e. The van der Waals surface area contributed by atoms with E-state index in [1.54, 1.807) is 30.3 Å². The minimum Gasteiger partial charge on any atom is -0.480 e. The Morgan fingerprint density at radius 2 is 1.43 bits per heavy atom. The van der Waals surface area contributed by atoms with Gasteiger partial charge in [0.2, 0.25) is 29.5 Å². The van der Waals surface area contributed by atoms with E-state index < -0.39 is 53.8 Å². The highest BCUT2D eigenvalue weighted by atomic mass is 16.4. The Labute approximate surface area is 214 Å². The van der Waals surface area contributed by atoms with Crippen LogP contribution in [0.3, 0.4) is 0 Å². The average molecular weight is 519 g/mol. The molecule has 5 amide bonds. The van der Waals surface area contributed by atoms with E-state index in [-0.39, 0.29) is 38.0 Å². The first-order chi connectivity index (χ1) is 17.6. The number of amides is 5. The standard InChI is InChI=1S/C24H34N6O7/c25-19(31)10-8-16(22(34)29-17(24(36)37)9-11-20(26)32)28-23(35)18(13-14-5-2-1-3-6-14)30-21(33)15-7-4-12-27-15/h1-3,5-6,15-18,27H,4,7-13H2,(H2,25,31)(H2,26,32)(H,28,35)(H,29,34)(H,30,33)(H,36,37). The number of carbonyl (C=O) groups is 6. The fourth-order valence-electron chi connectivity index (χ4n) is 3.88. The summed E-state index contributed by atoms with van der Waals surface area (Å²) in [7, 11) is 0. The Hall–Kier alpha value is -4.00. The first-order valence-corrected chi connectivity index (χ1v) is 12.0. The molecule has 37 heavy (non-hydrogen) atoms. The minimum absolute atomic E-state index is 0.131. The van der Waals surface area contributed by atoms with Crippen LogP contribution in [0.1, 0.15) is 44.1 Å². The third-order valence-corrected chi connectivity index (χ3v) is 5.90. The summed E-state index contributed by atoms with van der Waals surface area (Å²) in [6.07, 6.45) is 0.570. The van der Waals surface area contributed by atoms with E-state index in [0.717, 1.165) is 12.0 Å². The molecule has 1 fully saturated rings. The van der Waals surface area contributed by atoms with E-state index in [0.29, 0.717) is 13.0 Å². The number of primary amides is 2. The topological polar surface area (TPSA) is 223 Å². The Bertz CT molecular complexity index is 981. The van der Waals surface area contributed by atoms with Crippen LogP contribution in [-0.4, -0.2) is 71.3 Å². The number of aliphatic carboxylic acids is 1. The summed E-state index contributed by atoms with van der Waals surface area (Å²) in [4.78, 5) is 72.9. The molecule has 0 aromatic heterocycles. The smallest absolute Gasteiger partial charge is 0.326 e. The summed E-state index contributed by atoms with van der Waals surface area (Å²) in [5, 5.41) is 20.0. The van der Waals surface area contributed by atoms with Crippen molar-refractivity contribution in [1.82, 2.24) is 21.3 Å². The maximum Gasteiger partial charge on any atom is 0.326 e. The monoisotopic (exact) mass is 518 g/mol. The summed E-state index contributed by atoms with van der Waals surface area (Å²) in [6, 6.07) is 4.68. The number of carbonyl (C=O) groups excluding carboxylic acids is 5. The van der Waals surface area contributed by atoms with Gasteiger partial charge in [0, 0.05) is 19.3 Å². The van der Waals surface area contributed by atoms with Gasteiger partial charge in [0.25, 0.3) is 0 Å². The van der Waals surface area contributed by atoms with Crippen molar-refractivity contribution in [2.24, 2.45) is 11.5 Å². The summed E-state index contributed by atoms with van der Waals surface area (Å²) >= 11 is 0. The van der Waals surface area contributed by atoms with Crippen molar-refractivity contribution >= 4 is 35.5 Å². The summed E-state index contributed by atoms with van der Waals surface area (Å²) in [5.74, 6) is -4.79. The van der Waals surface area contributed by atoms with E-state index in [9.17, 15) is 33.9 Å².